The Hall–Kier alpha value is -0.640. The van der Waals surface area contributed by atoms with Crippen LogP contribution in [-0.2, 0) is 0 Å². The molecule has 0 bridgehead atoms. The van der Waals surface area contributed by atoms with Gasteiger partial charge in [-0.05, 0) is 30.2 Å². The Morgan fingerprint density at radius 3 is 2.33 bits per heavy atom. The van der Waals surface area contributed by atoms with Crippen molar-refractivity contribution in [2.45, 2.75) is 31.6 Å². The molecule has 1 aliphatic carbocycles. The summed E-state index contributed by atoms with van der Waals surface area (Å²) in [5.74, 6) is 1.05. The van der Waals surface area contributed by atoms with Gasteiger partial charge in [-0.1, -0.05) is 36.0 Å². The highest BCUT2D eigenvalue weighted by Gasteiger charge is 2.24. The molecule has 18 heavy (non-hydrogen) atoms. The van der Waals surface area contributed by atoms with Gasteiger partial charge >= 0.3 is 0 Å². The molecular formula is C13H12Cl2N2S. The summed E-state index contributed by atoms with van der Waals surface area (Å²) in [6.45, 7) is 0. The number of hydrogen-bond acceptors (Lipinski definition) is 3. The highest BCUT2D eigenvalue weighted by Crippen LogP contribution is 2.40. The number of rotatable bonds is 2. The largest absolute Gasteiger partial charge is 0.216 e. The van der Waals surface area contributed by atoms with Crippen molar-refractivity contribution in [3.63, 3.8) is 0 Å². The minimum absolute atomic E-state index is 0.432. The minimum atomic E-state index is 0.432. The fourth-order valence-corrected chi connectivity index (χ4v) is 3.82. The maximum absolute atomic E-state index is 6.30. The molecule has 2 heterocycles. The molecule has 0 aliphatic heterocycles. The van der Waals surface area contributed by atoms with Gasteiger partial charge in [0.05, 0.1) is 0 Å². The van der Waals surface area contributed by atoms with Gasteiger partial charge in [0.2, 0.25) is 0 Å². The second-order valence-corrected chi connectivity index (χ2v) is 6.03. The predicted molar refractivity (Wildman–Crippen MR) is 76.6 cm³/mol. The molecule has 1 saturated carbocycles. The van der Waals surface area contributed by atoms with Crippen molar-refractivity contribution in [2.24, 2.45) is 0 Å². The number of hydrogen-bond donors (Lipinski definition) is 0. The van der Waals surface area contributed by atoms with E-state index in [1.807, 2.05) is 16.8 Å². The van der Waals surface area contributed by atoms with Crippen molar-refractivity contribution in [1.82, 2.24) is 9.97 Å². The molecule has 0 aromatic carbocycles. The molecule has 0 radical (unpaired) electrons. The van der Waals surface area contributed by atoms with Crippen LogP contribution < -0.4 is 0 Å². The molecule has 3 rings (SSSR count). The fraction of sp³-hybridized carbons (Fsp3) is 0.385. The summed E-state index contributed by atoms with van der Waals surface area (Å²) >= 11 is 14.2. The lowest BCUT2D eigenvalue weighted by molar-refractivity contribution is 0.715. The third kappa shape index (κ3) is 2.27. The van der Waals surface area contributed by atoms with Crippen LogP contribution in [0.3, 0.4) is 0 Å². The van der Waals surface area contributed by atoms with E-state index in [0.717, 1.165) is 24.0 Å². The van der Waals surface area contributed by atoms with E-state index in [0.29, 0.717) is 22.0 Å². The van der Waals surface area contributed by atoms with E-state index >= 15 is 0 Å². The first kappa shape index (κ1) is 12.4. The average molecular weight is 299 g/mol. The van der Waals surface area contributed by atoms with Gasteiger partial charge in [-0.25, -0.2) is 9.97 Å². The normalized spacial score (nSPS) is 16.3. The molecule has 2 nitrogen and oxygen atoms in total. The third-order valence-corrected chi connectivity index (χ3v) is 4.65. The quantitative estimate of drug-likeness (QED) is 0.715. The first-order valence-corrected chi connectivity index (χ1v) is 7.71. The van der Waals surface area contributed by atoms with E-state index in [1.54, 1.807) is 11.3 Å². The molecule has 5 heteroatoms. The van der Waals surface area contributed by atoms with Gasteiger partial charge in [0.15, 0.2) is 5.82 Å². The number of thiophene rings is 1. The van der Waals surface area contributed by atoms with E-state index in [4.69, 9.17) is 23.2 Å². The van der Waals surface area contributed by atoms with Gasteiger partial charge in [-0.15, -0.1) is 0 Å². The van der Waals surface area contributed by atoms with E-state index in [9.17, 15) is 0 Å². The highest BCUT2D eigenvalue weighted by molar-refractivity contribution is 7.08. The lowest BCUT2D eigenvalue weighted by Gasteiger charge is -2.13. The molecule has 0 N–H and O–H groups in total. The Labute approximate surface area is 120 Å². The van der Waals surface area contributed by atoms with Crippen molar-refractivity contribution in [2.75, 3.05) is 0 Å². The lowest BCUT2D eigenvalue weighted by Crippen LogP contribution is -2.01. The predicted octanol–water partition coefficient (Wildman–Crippen LogP) is 5.17. The molecule has 0 spiro atoms. The topological polar surface area (TPSA) is 25.8 Å². The summed E-state index contributed by atoms with van der Waals surface area (Å²) in [5, 5.41) is 5.02. The Morgan fingerprint density at radius 1 is 1.11 bits per heavy atom. The van der Waals surface area contributed by atoms with Gasteiger partial charge < -0.3 is 0 Å². The molecule has 1 aliphatic rings. The van der Waals surface area contributed by atoms with E-state index in [-0.39, 0.29) is 0 Å². The number of halogens is 2. The van der Waals surface area contributed by atoms with Crippen molar-refractivity contribution >= 4 is 34.5 Å². The van der Waals surface area contributed by atoms with Crippen LogP contribution in [-0.4, -0.2) is 9.97 Å². The van der Waals surface area contributed by atoms with Crippen LogP contribution in [0, 0.1) is 0 Å². The smallest absolute Gasteiger partial charge is 0.163 e. The highest BCUT2D eigenvalue weighted by atomic mass is 35.5. The molecule has 2 aromatic heterocycles. The Balaban J connectivity index is 2.03. The van der Waals surface area contributed by atoms with Crippen LogP contribution in [0.25, 0.3) is 11.4 Å². The molecule has 0 amide bonds. The SMILES string of the molecule is Clc1nc(-c2ccsc2)nc(Cl)c1C1CCCC1. The zero-order valence-corrected chi connectivity index (χ0v) is 12.0. The number of aromatic nitrogens is 2. The summed E-state index contributed by atoms with van der Waals surface area (Å²) in [5.41, 5.74) is 1.91. The maximum atomic E-state index is 6.30. The van der Waals surface area contributed by atoms with Crippen LogP contribution in [0.15, 0.2) is 16.8 Å². The fourth-order valence-electron chi connectivity index (χ4n) is 2.49. The lowest BCUT2D eigenvalue weighted by atomic mass is 10.0. The molecule has 2 aromatic rings. The molecule has 0 atom stereocenters. The van der Waals surface area contributed by atoms with E-state index < -0.39 is 0 Å². The molecule has 1 fully saturated rings. The van der Waals surface area contributed by atoms with E-state index in [2.05, 4.69) is 9.97 Å². The van der Waals surface area contributed by atoms with Crippen molar-refractivity contribution in [1.29, 1.82) is 0 Å². The van der Waals surface area contributed by atoms with Gasteiger partial charge in [0.1, 0.15) is 10.3 Å². The first-order chi connectivity index (χ1) is 8.75. The maximum Gasteiger partial charge on any atom is 0.163 e. The van der Waals surface area contributed by atoms with Crippen LogP contribution in [0.1, 0.15) is 37.2 Å². The molecular weight excluding hydrogens is 287 g/mol. The van der Waals surface area contributed by atoms with Crippen LogP contribution in [0.4, 0.5) is 0 Å². The van der Waals surface area contributed by atoms with Gasteiger partial charge in [0, 0.05) is 16.5 Å². The van der Waals surface area contributed by atoms with E-state index in [1.165, 1.54) is 12.8 Å². The van der Waals surface area contributed by atoms with Crippen molar-refractivity contribution in [3.8, 4) is 11.4 Å². The third-order valence-electron chi connectivity index (χ3n) is 3.40. The monoisotopic (exact) mass is 298 g/mol. The molecule has 94 valence electrons. The van der Waals surface area contributed by atoms with Crippen LogP contribution in [0.2, 0.25) is 10.3 Å². The Bertz CT molecular complexity index is 525. The van der Waals surface area contributed by atoms with Crippen LogP contribution >= 0.6 is 34.5 Å². The van der Waals surface area contributed by atoms with Crippen molar-refractivity contribution in [3.05, 3.63) is 32.7 Å². The minimum Gasteiger partial charge on any atom is -0.216 e. The molecule has 0 saturated heterocycles. The standard InChI is InChI=1S/C13H12Cl2N2S/c14-11-10(8-3-1-2-4-8)12(15)17-13(16-11)9-5-6-18-7-9/h5-8H,1-4H2. The number of nitrogens with zero attached hydrogens (tertiary/aromatic N) is 2. The van der Waals surface area contributed by atoms with Crippen LogP contribution in [0.5, 0.6) is 0 Å². The molecule has 0 unspecified atom stereocenters. The average Bonchev–Trinajstić information content (AvgIpc) is 3.01. The first-order valence-electron chi connectivity index (χ1n) is 6.01. The summed E-state index contributed by atoms with van der Waals surface area (Å²) in [6, 6.07) is 1.97. The zero-order valence-electron chi connectivity index (χ0n) is 9.70. The summed E-state index contributed by atoms with van der Waals surface area (Å²) in [4.78, 5) is 8.80. The van der Waals surface area contributed by atoms with Gasteiger partial charge in [0.25, 0.3) is 0 Å². The summed E-state index contributed by atoms with van der Waals surface area (Å²) in [7, 11) is 0. The summed E-state index contributed by atoms with van der Waals surface area (Å²) < 4.78 is 0. The zero-order chi connectivity index (χ0) is 12.5. The second-order valence-electron chi connectivity index (χ2n) is 4.54. The van der Waals surface area contributed by atoms with Crippen molar-refractivity contribution < 1.29 is 0 Å². The van der Waals surface area contributed by atoms with Gasteiger partial charge in [-0.3, -0.25) is 0 Å². The second kappa shape index (κ2) is 5.16. The van der Waals surface area contributed by atoms with Gasteiger partial charge in [-0.2, -0.15) is 11.3 Å². The Morgan fingerprint density at radius 2 is 1.78 bits per heavy atom. The Kier molecular flexibility index (Phi) is 3.55. The summed E-state index contributed by atoms with van der Waals surface area (Å²) in [6.07, 6.45) is 4.76.